The number of benzene rings is 1. The van der Waals surface area contributed by atoms with Gasteiger partial charge in [0.2, 0.25) is 5.91 Å². The van der Waals surface area contributed by atoms with Crippen LogP contribution in [0, 0.1) is 11.3 Å². The van der Waals surface area contributed by atoms with Crippen molar-refractivity contribution in [3.63, 3.8) is 0 Å². The highest BCUT2D eigenvalue weighted by atomic mass is 35.5. The Morgan fingerprint density at radius 2 is 1.92 bits per heavy atom. The molecule has 2 aliphatic rings. The van der Waals surface area contributed by atoms with Gasteiger partial charge < -0.3 is 10.0 Å². The van der Waals surface area contributed by atoms with E-state index >= 15 is 0 Å². The molecule has 2 fully saturated rings. The van der Waals surface area contributed by atoms with Crippen LogP contribution >= 0.6 is 23.2 Å². The van der Waals surface area contributed by atoms with Crippen LogP contribution in [-0.4, -0.2) is 41.1 Å². The third kappa shape index (κ3) is 3.08. The predicted molar refractivity (Wildman–Crippen MR) is 84.6 cm³/mol. The minimum atomic E-state index is -4.90. The van der Waals surface area contributed by atoms with Crippen molar-refractivity contribution in [2.24, 2.45) is 11.3 Å². The van der Waals surface area contributed by atoms with Gasteiger partial charge in [-0.25, -0.2) is 0 Å². The van der Waals surface area contributed by atoms with Crippen LogP contribution in [-0.2, 0) is 9.59 Å². The predicted octanol–water partition coefficient (Wildman–Crippen LogP) is 3.96. The molecule has 3 rings (SSSR count). The Morgan fingerprint density at radius 1 is 1.24 bits per heavy atom. The molecule has 0 spiro atoms. The number of nitrogens with zero attached hydrogens (tertiary/aromatic N) is 1. The van der Waals surface area contributed by atoms with Crippen molar-refractivity contribution < 1.29 is 27.9 Å². The smallest absolute Gasteiger partial charge is 0.406 e. The largest absolute Gasteiger partial charge is 0.481 e. The number of carboxylic acid groups (broad SMARTS) is 1. The number of aliphatic carboxylic acids is 1. The summed E-state index contributed by atoms with van der Waals surface area (Å²) in [7, 11) is 0. The van der Waals surface area contributed by atoms with Gasteiger partial charge in [-0.3, -0.25) is 9.59 Å². The summed E-state index contributed by atoms with van der Waals surface area (Å²) in [4.78, 5) is 24.7. The first-order valence-electron chi connectivity index (χ1n) is 7.61. The van der Waals surface area contributed by atoms with Crippen LogP contribution in [0.3, 0.4) is 0 Å². The number of carboxylic acids is 1. The molecule has 136 valence electrons. The minimum Gasteiger partial charge on any atom is -0.481 e. The molecule has 25 heavy (non-hydrogen) atoms. The average Bonchev–Trinajstić information content (AvgIpc) is 3.16. The van der Waals surface area contributed by atoms with Crippen LogP contribution in [0.4, 0.5) is 13.2 Å². The van der Waals surface area contributed by atoms with E-state index in [4.69, 9.17) is 28.3 Å². The molecule has 4 nitrogen and oxygen atoms in total. The monoisotopic (exact) mass is 395 g/mol. The topological polar surface area (TPSA) is 57.6 Å². The Kier molecular flexibility index (Phi) is 4.44. The molecule has 1 saturated heterocycles. The first-order chi connectivity index (χ1) is 11.6. The lowest BCUT2D eigenvalue weighted by molar-refractivity contribution is -0.227. The Morgan fingerprint density at radius 3 is 2.44 bits per heavy atom. The van der Waals surface area contributed by atoms with E-state index in [1.807, 2.05) is 0 Å². The molecule has 1 aliphatic carbocycles. The van der Waals surface area contributed by atoms with Crippen LogP contribution < -0.4 is 0 Å². The summed E-state index contributed by atoms with van der Waals surface area (Å²) in [6, 6.07) is 4.98. The second-order valence-corrected chi connectivity index (χ2v) is 7.33. The van der Waals surface area contributed by atoms with Crippen molar-refractivity contribution in [1.29, 1.82) is 0 Å². The molecule has 9 heteroatoms. The maximum Gasteiger partial charge on any atom is 0.406 e. The number of rotatable bonds is 3. The van der Waals surface area contributed by atoms with Gasteiger partial charge in [-0.15, -0.1) is 0 Å². The van der Waals surface area contributed by atoms with Gasteiger partial charge in [-0.2, -0.15) is 13.2 Å². The number of hydrogen-bond acceptors (Lipinski definition) is 2. The minimum absolute atomic E-state index is 0.131. The quantitative estimate of drug-likeness (QED) is 0.842. The third-order valence-corrected chi connectivity index (χ3v) is 5.75. The van der Waals surface area contributed by atoms with E-state index in [1.165, 1.54) is 0 Å². The normalized spacial score (nSPS) is 28.9. The first kappa shape index (κ1) is 18.3. The van der Waals surface area contributed by atoms with Crippen LogP contribution in [0.1, 0.15) is 24.3 Å². The molecular formula is C16H14Cl2F3NO3. The summed E-state index contributed by atoms with van der Waals surface area (Å²) in [5.74, 6) is -2.96. The molecule has 1 aromatic rings. The maximum absolute atomic E-state index is 13.2. The zero-order valence-corrected chi connectivity index (χ0v) is 14.3. The lowest BCUT2D eigenvalue weighted by atomic mass is 9.86. The molecule has 1 amide bonds. The Bertz CT molecular complexity index is 740. The zero-order valence-electron chi connectivity index (χ0n) is 12.8. The van der Waals surface area contributed by atoms with E-state index in [2.05, 4.69) is 0 Å². The molecule has 1 aromatic carbocycles. The number of alkyl halides is 3. The van der Waals surface area contributed by atoms with E-state index in [0.29, 0.717) is 16.5 Å². The second kappa shape index (κ2) is 6.06. The van der Waals surface area contributed by atoms with E-state index < -0.39 is 42.4 Å². The fraction of sp³-hybridized carbons (Fsp3) is 0.500. The van der Waals surface area contributed by atoms with Gasteiger partial charge in [0, 0.05) is 19.0 Å². The summed E-state index contributed by atoms with van der Waals surface area (Å²) in [5, 5.41) is 9.78. The number of hydrogen-bond donors (Lipinski definition) is 1. The summed E-state index contributed by atoms with van der Waals surface area (Å²) in [5.41, 5.74) is -2.08. The van der Waals surface area contributed by atoms with E-state index in [-0.39, 0.29) is 12.5 Å². The summed E-state index contributed by atoms with van der Waals surface area (Å²) in [6.45, 7) is -1.05. The highest BCUT2D eigenvalue weighted by Gasteiger charge is 2.65. The highest BCUT2D eigenvalue weighted by Crippen LogP contribution is 2.52. The third-order valence-electron chi connectivity index (χ3n) is 5.01. The molecule has 1 aliphatic heterocycles. The molecule has 1 saturated carbocycles. The van der Waals surface area contributed by atoms with Gasteiger partial charge >= 0.3 is 12.1 Å². The van der Waals surface area contributed by atoms with Gasteiger partial charge in [0.15, 0.2) is 5.41 Å². The summed E-state index contributed by atoms with van der Waals surface area (Å²) >= 11 is 11.8. The molecule has 0 aromatic heterocycles. The van der Waals surface area contributed by atoms with Crippen molar-refractivity contribution in [2.75, 3.05) is 13.1 Å². The Hall–Kier alpha value is -1.47. The lowest BCUT2D eigenvalue weighted by Gasteiger charge is -2.27. The van der Waals surface area contributed by atoms with Crippen molar-refractivity contribution in [2.45, 2.75) is 24.9 Å². The molecule has 0 radical (unpaired) electrons. The van der Waals surface area contributed by atoms with Crippen molar-refractivity contribution in [3.05, 3.63) is 33.8 Å². The number of likely N-dealkylation sites (tertiary alicyclic amines) is 1. The molecule has 3 atom stereocenters. The zero-order chi connectivity index (χ0) is 18.6. The SMILES string of the molecule is O=C(C1CC1c1ccc(Cl)c(Cl)c1)N1CCC(C(=O)O)(C(F)(F)F)C1. The fourth-order valence-electron chi connectivity index (χ4n) is 3.34. The van der Waals surface area contributed by atoms with Crippen LogP contribution in [0.15, 0.2) is 18.2 Å². The average molecular weight is 396 g/mol. The summed E-state index contributed by atoms with van der Waals surface area (Å²) in [6.07, 6.45) is -5.03. The van der Waals surface area contributed by atoms with Crippen LogP contribution in [0.2, 0.25) is 10.0 Å². The van der Waals surface area contributed by atoms with Crippen molar-refractivity contribution in [1.82, 2.24) is 4.90 Å². The first-order valence-corrected chi connectivity index (χ1v) is 8.36. The molecule has 3 unspecified atom stereocenters. The Labute approximate surface area is 151 Å². The standard InChI is InChI=1S/C16H14Cl2F3NO3/c17-11-2-1-8(5-12(11)18)9-6-10(9)13(23)22-4-3-15(7-22,14(24)25)16(19,20)21/h1-2,5,9-10H,3-4,6-7H2,(H,24,25). The van der Waals surface area contributed by atoms with Gasteiger partial charge in [0.05, 0.1) is 10.0 Å². The van der Waals surface area contributed by atoms with Gasteiger partial charge in [-0.1, -0.05) is 29.3 Å². The number of amides is 1. The van der Waals surface area contributed by atoms with E-state index in [9.17, 15) is 22.8 Å². The molecule has 0 bridgehead atoms. The van der Waals surface area contributed by atoms with Crippen molar-refractivity contribution in [3.8, 4) is 0 Å². The highest BCUT2D eigenvalue weighted by molar-refractivity contribution is 6.42. The molecule has 1 N–H and O–H groups in total. The Balaban J connectivity index is 1.71. The van der Waals surface area contributed by atoms with Gasteiger partial charge in [0.1, 0.15) is 0 Å². The lowest BCUT2D eigenvalue weighted by Crippen LogP contribution is -2.48. The molecule has 1 heterocycles. The van der Waals surface area contributed by atoms with Gasteiger partial charge in [0.25, 0.3) is 0 Å². The van der Waals surface area contributed by atoms with E-state index in [0.717, 1.165) is 10.5 Å². The van der Waals surface area contributed by atoms with E-state index in [1.54, 1.807) is 18.2 Å². The number of carbonyl (C=O) groups excluding carboxylic acids is 1. The molecular weight excluding hydrogens is 382 g/mol. The number of carbonyl (C=O) groups is 2. The maximum atomic E-state index is 13.2. The van der Waals surface area contributed by atoms with Crippen LogP contribution in [0.25, 0.3) is 0 Å². The van der Waals surface area contributed by atoms with Crippen LogP contribution in [0.5, 0.6) is 0 Å². The van der Waals surface area contributed by atoms with Crippen molar-refractivity contribution >= 4 is 35.1 Å². The fourth-order valence-corrected chi connectivity index (χ4v) is 3.65. The summed E-state index contributed by atoms with van der Waals surface area (Å²) < 4.78 is 39.6. The second-order valence-electron chi connectivity index (χ2n) is 6.52. The number of halogens is 5. The van der Waals surface area contributed by atoms with Gasteiger partial charge in [-0.05, 0) is 36.5 Å².